The first-order valence-electron chi connectivity index (χ1n) is 4.79. The van der Waals surface area contributed by atoms with Crippen LogP contribution in [0.4, 0.5) is 0 Å². The molecule has 0 radical (unpaired) electrons. The van der Waals surface area contributed by atoms with Crippen molar-refractivity contribution in [3.05, 3.63) is 0 Å². The van der Waals surface area contributed by atoms with Crippen molar-refractivity contribution in [1.29, 1.82) is 0 Å². The average molecular weight is 207 g/mol. The van der Waals surface area contributed by atoms with Crippen molar-refractivity contribution in [2.45, 2.75) is 39.7 Å². The van der Waals surface area contributed by atoms with E-state index in [0.29, 0.717) is 12.2 Å². The van der Waals surface area contributed by atoms with E-state index in [4.69, 9.17) is 5.73 Å². The van der Waals surface area contributed by atoms with E-state index in [1.54, 1.807) is 0 Å². The van der Waals surface area contributed by atoms with E-state index in [2.05, 4.69) is 0 Å². The smallest absolute Gasteiger partial charge is 0.150 e. The maximum Gasteiger partial charge on any atom is 0.150 e. The molecule has 0 aliphatic rings. The minimum Gasteiger partial charge on any atom is -0.328 e. The van der Waals surface area contributed by atoms with Crippen molar-refractivity contribution in [2.24, 2.45) is 11.7 Å². The molecule has 0 saturated heterocycles. The molecule has 0 fully saturated rings. The molecular formula is C9H21NO2S. The highest BCUT2D eigenvalue weighted by atomic mass is 32.2. The summed E-state index contributed by atoms with van der Waals surface area (Å²) < 4.78 is 22.8. The minimum absolute atomic E-state index is 0.106. The van der Waals surface area contributed by atoms with E-state index in [1.807, 2.05) is 20.8 Å². The Kier molecular flexibility index (Phi) is 5.56. The predicted octanol–water partition coefficient (Wildman–Crippen LogP) is 1.18. The SMILES string of the molecule is CC(C)CS(=O)(=O)CCCC(C)N. The van der Waals surface area contributed by atoms with E-state index in [-0.39, 0.29) is 17.7 Å². The summed E-state index contributed by atoms with van der Waals surface area (Å²) in [7, 11) is -2.83. The number of hydrogen-bond donors (Lipinski definition) is 1. The molecular weight excluding hydrogens is 186 g/mol. The van der Waals surface area contributed by atoms with Gasteiger partial charge in [0.2, 0.25) is 0 Å². The van der Waals surface area contributed by atoms with Crippen LogP contribution in [0.15, 0.2) is 0 Å². The van der Waals surface area contributed by atoms with Gasteiger partial charge in [-0.1, -0.05) is 13.8 Å². The summed E-state index contributed by atoms with van der Waals surface area (Å²) >= 11 is 0. The van der Waals surface area contributed by atoms with Crippen molar-refractivity contribution in [1.82, 2.24) is 0 Å². The fourth-order valence-corrected chi connectivity index (χ4v) is 3.01. The van der Waals surface area contributed by atoms with Crippen LogP contribution >= 0.6 is 0 Å². The fraction of sp³-hybridized carbons (Fsp3) is 1.00. The van der Waals surface area contributed by atoms with Gasteiger partial charge >= 0.3 is 0 Å². The predicted molar refractivity (Wildman–Crippen MR) is 56.4 cm³/mol. The Hall–Kier alpha value is -0.0900. The molecule has 0 rings (SSSR count). The molecule has 0 amide bonds. The molecule has 0 bridgehead atoms. The van der Waals surface area contributed by atoms with Crippen molar-refractivity contribution >= 4 is 9.84 Å². The van der Waals surface area contributed by atoms with E-state index in [9.17, 15) is 8.42 Å². The number of sulfone groups is 1. The quantitative estimate of drug-likeness (QED) is 0.711. The highest BCUT2D eigenvalue weighted by Gasteiger charge is 2.12. The molecule has 1 atom stereocenters. The molecule has 0 aliphatic heterocycles. The largest absolute Gasteiger partial charge is 0.328 e. The minimum atomic E-state index is -2.83. The van der Waals surface area contributed by atoms with Gasteiger partial charge < -0.3 is 5.73 Å². The average Bonchev–Trinajstić information content (AvgIpc) is 1.81. The van der Waals surface area contributed by atoms with Gasteiger partial charge in [-0.2, -0.15) is 0 Å². The normalized spacial score (nSPS) is 14.8. The van der Waals surface area contributed by atoms with Crippen molar-refractivity contribution in [3.63, 3.8) is 0 Å². The summed E-state index contributed by atoms with van der Waals surface area (Å²) in [4.78, 5) is 0. The second kappa shape index (κ2) is 5.60. The molecule has 80 valence electrons. The standard InChI is InChI=1S/C9H21NO2S/c1-8(2)7-13(11,12)6-4-5-9(3)10/h8-9H,4-7,10H2,1-3H3. The summed E-state index contributed by atoms with van der Waals surface area (Å²) in [5.41, 5.74) is 5.53. The lowest BCUT2D eigenvalue weighted by molar-refractivity contribution is 0.573. The molecule has 0 saturated carbocycles. The van der Waals surface area contributed by atoms with Crippen LogP contribution in [0.2, 0.25) is 0 Å². The molecule has 3 nitrogen and oxygen atoms in total. The Morgan fingerprint density at radius 2 is 1.77 bits per heavy atom. The van der Waals surface area contributed by atoms with Crippen LogP contribution in [0.5, 0.6) is 0 Å². The van der Waals surface area contributed by atoms with Gasteiger partial charge in [0.05, 0.1) is 11.5 Å². The van der Waals surface area contributed by atoms with Crippen LogP contribution in [-0.4, -0.2) is 26.0 Å². The molecule has 0 aliphatic carbocycles. The zero-order chi connectivity index (χ0) is 10.5. The lowest BCUT2D eigenvalue weighted by Crippen LogP contribution is -2.19. The van der Waals surface area contributed by atoms with Crippen molar-refractivity contribution in [2.75, 3.05) is 11.5 Å². The summed E-state index contributed by atoms with van der Waals surface area (Å²) in [5.74, 6) is 0.805. The monoisotopic (exact) mass is 207 g/mol. The van der Waals surface area contributed by atoms with Gasteiger partial charge in [-0.3, -0.25) is 0 Å². The van der Waals surface area contributed by atoms with Gasteiger partial charge in [0.25, 0.3) is 0 Å². The summed E-state index contributed by atoms with van der Waals surface area (Å²) in [6.45, 7) is 5.74. The van der Waals surface area contributed by atoms with Gasteiger partial charge in [0, 0.05) is 6.04 Å². The molecule has 0 aromatic heterocycles. The first-order valence-corrected chi connectivity index (χ1v) is 6.61. The maximum absolute atomic E-state index is 11.4. The van der Waals surface area contributed by atoms with Gasteiger partial charge in [0.1, 0.15) is 0 Å². The Balaban J connectivity index is 3.77. The Morgan fingerprint density at radius 3 is 2.15 bits per heavy atom. The van der Waals surface area contributed by atoms with Crippen LogP contribution < -0.4 is 5.73 Å². The van der Waals surface area contributed by atoms with Gasteiger partial charge in [-0.05, 0) is 25.7 Å². The molecule has 0 heterocycles. The second-order valence-corrected chi connectivity index (χ2v) is 6.36. The van der Waals surface area contributed by atoms with E-state index < -0.39 is 9.84 Å². The maximum atomic E-state index is 11.4. The summed E-state index contributed by atoms with van der Waals surface area (Å²) in [6.07, 6.45) is 1.48. The van der Waals surface area contributed by atoms with Crippen LogP contribution in [0, 0.1) is 5.92 Å². The zero-order valence-electron chi connectivity index (χ0n) is 8.79. The van der Waals surface area contributed by atoms with Crippen molar-refractivity contribution < 1.29 is 8.42 Å². The lowest BCUT2D eigenvalue weighted by Gasteiger charge is -2.07. The second-order valence-electron chi connectivity index (χ2n) is 4.13. The molecule has 1 unspecified atom stereocenters. The first kappa shape index (κ1) is 12.9. The molecule has 0 aromatic rings. The highest BCUT2D eigenvalue weighted by molar-refractivity contribution is 7.91. The molecule has 0 spiro atoms. The third kappa shape index (κ3) is 8.25. The number of rotatable bonds is 6. The third-order valence-electron chi connectivity index (χ3n) is 1.70. The van der Waals surface area contributed by atoms with Crippen LogP contribution in [0.1, 0.15) is 33.6 Å². The van der Waals surface area contributed by atoms with Crippen molar-refractivity contribution in [3.8, 4) is 0 Å². The fourth-order valence-electron chi connectivity index (χ4n) is 1.22. The number of hydrogen-bond acceptors (Lipinski definition) is 3. The molecule has 0 aromatic carbocycles. The summed E-state index contributed by atoms with van der Waals surface area (Å²) in [6, 6.07) is 0.106. The Morgan fingerprint density at radius 1 is 1.23 bits per heavy atom. The Bertz CT molecular complexity index is 220. The van der Waals surface area contributed by atoms with Crippen LogP contribution in [0.3, 0.4) is 0 Å². The molecule has 2 N–H and O–H groups in total. The van der Waals surface area contributed by atoms with E-state index in [1.165, 1.54) is 0 Å². The van der Waals surface area contributed by atoms with Crippen LogP contribution in [0.25, 0.3) is 0 Å². The Labute approximate surface area is 81.6 Å². The lowest BCUT2D eigenvalue weighted by atomic mass is 10.2. The zero-order valence-corrected chi connectivity index (χ0v) is 9.60. The van der Waals surface area contributed by atoms with Gasteiger partial charge in [0.15, 0.2) is 9.84 Å². The number of nitrogens with two attached hydrogens (primary N) is 1. The van der Waals surface area contributed by atoms with E-state index >= 15 is 0 Å². The topological polar surface area (TPSA) is 60.2 Å². The van der Waals surface area contributed by atoms with Crippen LogP contribution in [-0.2, 0) is 9.84 Å². The molecule has 13 heavy (non-hydrogen) atoms. The summed E-state index contributed by atoms with van der Waals surface area (Å²) in [5, 5.41) is 0. The first-order chi connectivity index (χ1) is 5.83. The van der Waals surface area contributed by atoms with Gasteiger partial charge in [-0.25, -0.2) is 8.42 Å². The van der Waals surface area contributed by atoms with Gasteiger partial charge in [-0.15, -0.1) is 0 Å². The molecule has 4 heteroatoms. The highest BCUT2D eigenvalue weighted by Crippen LogP contribution is 2.04. The third-order valence-corrected chi connectivity index (χ3v) is 3.79. The van der Waals surface area contributed by atoms with E-state index in [0.717, 1.165) is 6.42 Å².